The molecule has 1 aliphatic heterocycles. The summed E-state index contributed by atoms with van der Waals surface area (Å²) in [5.74, 6) is 1.54. The minimum atomic E-state index is -0.298. The zero-order chi connectivity index (χ0) is 18.8. The van der Waals surface area contributed by atoms with E-state index in [1.807, 2.05) is 25.1 Å². The molecule has 7 heteroatoms. The van der Waals surface area contributed by atoms with Crippen LogP contribution in [0, 0.1) is 11.3 Å². The fourth-order valence-corrected chi connectivity index (χ4v) is 3.54. The highest BCUT2D eigenvalue weighted by Crippen LogP contribution is 2.31. The van der Waals surface area contributed by atoms with Gasteiger partial charge in [0.1, 0.15) is 17.6 Å². The molecular formula is C20H21N5O2. The van der Waals surface area contributed by atoms with Gasteiger partial charge in [-0.1, -0.05) is 0 Å². The predicted molar refractivity (Wildman–Crippen MR) is 102 cm³/mol. The van der Waals surface area contributed by atoms with E-state index in [9.17, 15) is 10.4 Å². The van der Waals surface area contributed by atoms with Gasteiger partial charge >= 0.3 is 0 Å². The summed E-state index contributed by atoms with van der Waals surface area (Å²) in [5, 5.41) is 23.6. The molecule has 0 bridgehead atoms. The number of piperidine rings is 1. The van der Waals surface area contributed by atoms with Gasteiger partial charge in [0.05, 0.1) is 36.2 Å². The normalized spacial score (nSPS) is 17.1. The Bertz CT molecular complexity index is 990. The second-order valence-electron chi connectivity index (χ2n) is 6.63. The molecule has 1 fully saturated rings. The molecule has 1 unspecified atom stereocenters. The second kappa shape index (κ2) is 7.25. The number of aromatic nitrogens is 3. The Kier molecular flexibility index (Phi) is 4.65. The lowest BCUT2D eigenvalue weighted by Gasteiger charge is -2.31. The van der Waals surface area contributed by atoms with Crippen molar-refractivity contribution in [2.24, 2.45) is 0 Å². The van der Waals surface area contributed by atoms with Crippen LogP contribution in [0.2, 0.25) is 0 Å². The molecule has 1 saturated heterocycles. The summed E-state index contributed by atoms with van der Waals surface area (Å²) < 4.78 is 7.32. The Morgan fingerprint density at radius 1 is 1.37 bits per heavy atom. The van der Waals surface area contributed by atoms with Gasteiger partial charge in [0, 0.05) is 30.4 Å². The van der Waals surface area contributed by atoms with Crippen molar-refractivity contribution in [3.63, 3.8) is 0 Å². The number of ether oxygens (including phenoxy) is 1. The summed E-state index contributed by atoms with van der Waals surface area (Å²) in [6, 6.07) is 8.06. The Balaban J connectivity index is 1.75. The molecule has 0 aromatic carbocycles. The summed E-state index contributed by atoms with van der Waals surface area (Å²) in [4.78, 5) is 6.70. The van der Waals surface area contributed by atoms with Crippen LogP contribution in [0.4, 0.5) is 5.82 Å². The third-order valence-corrected chi connectivity index (χ3v) is 4.80. The zero-order valence-electron chi connectivity index (χ0n) is 15.2. The van der Waals surface area contributed by atoms with Gasteiger partial charge in [0.15, 0.2) is 0 Å². The fraction of sp³-hybridized carbons (Fsp3) is 0.350. The number of β-amino-alcohol motifs (C(OH)–C–C–N with tert-alkyl or cyclic N) is 1. The van der Waals surface area contributed by atoms with E-state index in [4.69, 9.17) is 4.74 Å². The molecule has 138 valence electrons. The molecule has 0 spiro atoms. The average molecular weight is 363 g/mol. The molecule has 3 aromatic heterocycles. The van der Waals surface area contributed by atoms with Gasteiger partial charge in [-0.3, -0.25) is 0 Å². The molecule has 3 aromatic rings. The highest BCUT2D eigenvalue weighted by Gasteiger charge is 2.19. The third-order valence-electron chi connectivity index (χ3n) is 4.80. The number of hydrogen-bond acceptors (Lipinski definition) is 6. The van der Waals surface area contributed by atoms with Crippen LogP contribution < -0.4 is 9.64 Å². The second-order valence-corrected chi connectivity index (χ2v) is 6.63. The first-order chi connectivity index (χ1) is 13.2. The van der Waals surface area contributed by atoms with E-state index in [0.717, 1.165) is 41.8 Å². The molecule has 4 rings (SSSR count). The summed E-state index contributed by atoms with van der Waals surface area (Å²) in [6.07, 6.45) is 6.65. The molecule has 0 saturated carbocycles. The van der Waals surface area contributed by atoms with Crippen LogP contribution in [-0.2, 0) is 0 Å². The van der Waals surface area contributed by atoms with E-state index in [-0.39, 0.29) is 6.10 Å². The standard InChI is InChI=1S/C20H21N5O2/c1-2-27-17-8-18(20-15(9-21)11-23-25(20)13-17)14-5-6-19(22-10-14)24-7-3-4-16(26)12-24/h5-6,8,10-11,13,16,26H,2-4,7,12H2,1H3. The lowest BCUT2D eigenvalue weighted by atomic mass is 10.0. The first-order valence-electron chi connectivity index (χ1n) is 9.13. The summed E-state index contributed by atoms with van der Waals surface area (Å²) in [5.41, 5.74) is 2.99. The summed E-state index contributed by atoms with van der Waals surface area (Å²) in [6.45, 7) is 3.98. The summed E-state index contributed by atoms with van der Waals surface area (Å²) in [7, 11) is 0. The molecule has 1 atom stereocenters. The maximum absolute atomic E-state index is 9.88. The van der Waals surface area contributed by atoms with E-state index in [2.05, 4.69) is 21.1 Å². The smallest absolute Gasteiger partial charge is 0.138 e. The van der Waals surface area contributed by atoms with Crippen LogP contribution in [-0.4, -0.2) is 45.5 Å². The van der Waals surface area contributed by atoms with E-state index in [0.29, 0.717) is 24.5 Å². The number of aliphatic hydroxyl groups excluding tert-OH is 1. The monoisotopic (exact) mass is 363 g/mol. The highest BCUT2D eigenvalue weighted by molar-refractivity contribution is 5.85. The molecule has 7 nitrogen and oxygen atoms in total. The molecular weight excluding hydrogens is 342 g/mol. The van der Waals surface area contributed by atoms with Gasteiger partial charge in [-0.25, -0.2) is 9.50 Å². The minimum Gasteiger partial charge on any atom is -0.492 e. The van der Waals surface area contributed by atoms with Gasteiger partial charge in [-0.05, 0) is 38.0 Å². The predicted octanol–water partition coefficient (Wildman–Crippen LogP) is 2.63. The van der Waals surface area contributed by atoms with Crippen molar-refractivity contribution in [3.05, 3.63) is 42.4 Å². The number of pyridine rings is 2. The number of nitriles is 1. The maximum Gasteiger partial charge on any atom is 0.138 e. The number of nitrogens with zero attached hydrogens (tertiary/aromatic N) is 5. The molecule has 4 heterocycles. The van der Waals surface area contributed by atoms with Crippen LogP contribution >= 0.6 is 0 Å². The first-order valence-corrected chi connectivity index (χ1v) is 9.13. The van der Waals surface area contributed by atoms with Crippen LogP contribution in [0.5, 0.6) is 5.75 Å². The van der Waals surface area contributed by atoms with Crippen LogP contribution in [0.15, 0.2) is 36.8 Å². The van der Waals surface area contributed by atoms with Gasteiger partial charge in [0.25, 0.3) is 0 Å². The largest absolute Gasteiger partial charge is 0.492 e. The van der Waals surface area contributed by atoms with E-state index < -0.39 is 0 Å². The molecule has 0 amide bonds. The molecule has 1 aliphatic rings. The number of rotatable bonds is 4. The van der Waals surface area contributed by atoms with Crippen LogP contribution in [0.3, 0.4) is 0 Å². The number of hydrogen-bond donors (Lipinski definition) is 1. The van der Waals surface area contributed by atoms with Crippen molar-refractivity contribution >= 4 is 11.3 Å². The number of fused-ring (bicyclic) bond motifs is 1. The first kappa shape index (κ1) is 17.3. The fourth-order valence-electron chi connectivity index (χ4n) is 3.54. The van der Waals surface area contributed by atoms with Crippen molar-refractivity contribution in [3.8, 4) is 22.9 Å². The highest BCUT2D eigenvalue weighted by atomic mass is 16.5. The number of anilines is 1. The van der Waals surface area contributed by atoms with Gasteiger partial charge in [0.2, 0.25) is 0 Å². The lowest BCUT2D eigenvalue weighted by Crippen LogP contribution is -2.38. The van der Waals surface area contributed by atoms with Crippen LogP contribution in [0.25, 0.3) is 16.6 Å². The van der Waals surface area contributed by atoms with Crippen LogP contribution in [0.1, 0.15) is 25.3 Å². The lowest BCUT2D eigenvalue weighted by molar-refractivity contribution is 0.154. The molecule has 27 heavy (non-hydrogen) atoms. The van der Waals surface area contributed by atoms with Gasteiger partial charge in [-0.2, -0.15) is 10.4 Å². The van der Waals surface area contributed by atoms with Crippen molar-refractivity contribution in [1.82, 2.24) is 14.6 Å². The molecule has 1 N–H and O–H groups in total. The van der Waals surface area contributed by atoms with Crippen molar-refractivity contribution in [2.45, 2.75) is 25.9 Å². The Morgan fingerprint density at radius 2 is 2.26 bits per heavy atom. The van der Waals surface area contributed by atoms with Gasteiger partial charge in [-0.15, -0.1) is 0 Å². The Hall–Kier alpha value is -3.11. The quantitative estimate of drug-likeness (QED) is 0.767. The SMILES string of the molecule is CCOc1cc(-c2ccc(N3CCCC(O)C3)nc2)c2c(C#N)cnn2c1. The van der Waals surface area contributed by atoms with Crippen molar-refractivity contribution in [1.29, 1.82) is 5.26 Å². The summed E-state index contributed by atoms with van der Waals surface area (Å²) >= 11 is 0. The van der Waals surface area contributed by atoms with E-state index in [1.54, 1.807) is 23.1 Å². The van der Waals surface area contributed by atoms with Crippen molar-refractivity contribution in [2.75, 3.05) is 24.6 Å². The van der Waals surface area contributed by atoms with Crippen molar-refractivity contribution < 1.29 is 9.84 Å². The topological polar surface area (TPSA) is 86.7 Å². The zero-order valence-corrected chi connectivity index (χ0v) is 15.2. The van der Waals surface area contributed by atoms with E-state index in [1.165, 1.54) is 0 Å². The number of aliphatic hydroxyl groups is 1. The van der Waals surface area contributed by atoms with Gasteiger partial charge < -0.3 is 14.7 Å². The average Bonchev–Trinajstić information content (AvgIpc) is 3.11. The Labute approximate surface area is 157 Å². The molecule has 0 aliphatic carbocycles. The Morgan fingerprint density at radius 3 is 2.96 bits per heavy atom. The maximum atomic E-state index is 9.88. The minimum absolute atomic E-state index is 0.298. The molecule has 0 radical (unpaired) electrons. The third kappa shape index (κ3) is 3.32. The van der Waals surface area contributed by atoms with E-state index >= 15 is 0 Å².